The van der Waals surface area contributed by atoms with E-state index in [2.05, 4.69) is 0 Å². The fraction of sp³-hybridized carbons (Fsp3) is 0.176. The average Bonchev–Trinajstić information content (AvgIpc) is 2.53. The summed E-state index contributed by atoms with van der Waals surface area (Å²) in [4.78, 5) is 24.3. The molecule has 2 aromatic rings. The summed E-state index contributed by atoms with van der Waals surface area (Å²) in [7, 11) is 0. The van der Waals surface area contributed by atoms with E-state index in [-0.39, 0.29) is 11.1 Å². The van der Waals surface area contributed by atoms with Crippen LogP contribution in [-0.4, -0.2) is 28.7 Å². The molecule has 0 aliphatic heterocycles. The van der Waals surface area contributed by atoms with Crippen molar-refractivity contribution in [1.82, 2.24) is 0 Å². The van der Waals surface area contributed by atoms with E-state index in [1.165, 1.54) is 18.2 Å². The van der Waals surface area contributed by atoms with Gasteiger partial charge in [-0.15, -0.1) is 0 Å². The standard InChI is InChI=1S/C17H17NO4/c1-2-18(15-6-4-3-5-7-15)11-12-8-13(16(19)20)10-14(9-12)17(21)22/h3-10H,2,11H2,1H3,(H,19,20)(H,21,22). The minimum atomic E-state index is -1.13. The molecule has 0 aromatic heterocycles. The average molecular weight is 299 g/mol. The number of para-hydroxylation sites is 1. The molecule has 114 valence electrons. The first-order chi connectivity index (χ1) is 10.5. The maximum absolute atomic E-state index is 11.1. The SMILES string of the molecule is CCN(Cc1cc(C(=O)O)cc(C(=O)O)c1)c1ccccc1. The summed E-state index contributed by atoms with van der Waals surface area (Å²) in [6.45, 7) is 3.16. The Morgan fingerprint density at radius 2 is 1.50 bits per heavy atom. The molecule has 0 unspecified atom stereocenters. The zero-order valence-electron chi connectivity index (χ0n) is 12.2. The molecule has 2 aromatic carbocycles. The molecule has 0 bridgehead atoms. The minimum Gasteiger partial charge on any atom is -0.478 e. The molecule has 22 heavy (non-hydrogen) atoms. The number of benzene rings is 2. The first kappa shape index (κ1) is 15.6. The van der Waals surface area contributed by atoms with Gasteiger partial charge in [-0.25, -0.2) is 9.59 Å². The van der Waals surface area contributed by atoms with Crippen molar-refractivity contribution < 1.29 is 19.8 Å². The third-order valence-corrected chi connectivity index (χ3v) is 3.36. The second kappa shape index (κ2) is 6.76. The van der Waals surface area contributed by atoms with Crippen LogP contribution >= 0.6 is 0 Å². The van der Waals surface area contributed by atoms with Crippen LogP contribution < -0.4 is 4.90 Å². The molecule has 2 rings (SSSR count). The normalized spacial score (nSPS) is 10.2. The Balaban J connectivity index is 2.35. The van der Waals surface area contributed by atoms with E-state index in [1.807, 2.05) is 42.2 Å². The fourth-order valence-corrected chi connectivity index (χ4v) is 2.28. The van der Waals surface area contributed by atoms with Gasteiger partial charge in [-0.2, -0.15) is 0 Å². The molecule has 0 amide bonds. The minimum absolute atomic E-state index is 0.0148. The van der Waals surface area contributed by atoms with Gasteiger partial charge in [0.05, 0.1) is 11.1 Å². The van der Waals surface area contributed by atoms with Crippen LogP contribution in [0.5, 0.6) is 0 Å². The molecular weight excluding hydrogens is 282 g/mol. The number of nitrogens with zero attached hydrogens (tertiary/aromatic N) is 1. The summed E-state index contributed by atoms with van der Waals surface area (Å²) in [5.41, 5.74) is 1.63. The van der Waals surface area contributed by atoms with Crippen molar-refractivity contribution >= 4 is 17.6 Å². The van der Waals surface area contributed by atoms with Crippen LogP contribution in [0, 0.1) is 0 Å². The number of anilines is 1. The van der Waals surface area contributed by atoms with Gasteiger partial charge >= 0.3 is 11.9 Å². The van der Waals surface area contributed by atoms with Crippen molar-refractivity contribution in [3.63, 3.8) is 0 Å². The van der Waals surface area contributed by atoms with Gasteiger partial charge < -0.3 is 15.1 Å². The highest BCUT2D eigenvalue weighted by molar-refractivity contribution is 5.94. The Hall–Kier alpha value is -2.82. The molecule has 0 spiro atoms. The summed E-state index contributed by atoms with van der Waals surface area (Å²) in [5.74, 6) is -2.26. The van der Waals surface area contributed by atoms with E-state index in [0.717, 1.165) is 12.2 Å². The maximum atomic E-state index is 11.1. The van der Waals surface area contributed by atoms with Crippen molar-refractivity contribution in [2.75, 3.05) is 11.4 Å². The third-order valence-electron chi connectivity index (χ3n) is 3.36. The van der Waals surface area contributed by atoms with E-state index in [9.17, 15) is 9.59 Å². The molecule has 0 aliphatic rings. The van der Waals surface area contributed by atoms with Crippen LogP contribution in [0.25, 0.3) is 0 Å². The van der Waals surface area contributed by atoms with Gasteiger partial charge in [0.1, 0.15) is 0 Å². The summed E-state index contributed by atoms with van der Waals surface area (Å²) >= 11 is 0. The second-order valence-electron chi connectivity index (χ2n) is 4.88. The van der Waals surface area contributed by atoms with E-state index >= 15 is 0 Å². The highest BCUT2D eigenvalue weighted by atomic mass is 16.4. The van der Waals surface area contributed by atoms with Crippen molar-refractivity contribution in [3.8, 4) is 0 Å². The van der Waals surface area contributed by atoms with E-state index in [1.54, 1.807) is 0 Å². The van der Waals surface area contributed by atoms with Crippen LogP contribution in [0.1, 0.15) is 33.2 Å². The van der Waals surface area contributed by atoms with Crippen LogP contribution in [0.3, 0.4) is 0 Å². The predicted octanol–water partition coefficient (Wildman–Crippen LogP) is 3.11. The second-order valence-corrected chi connectivity index (χ2v) is 4.88. The smallest absolute Gasteiger partial charge is 0.335 e. The highest BCUT2D eigenvalue weighted by Crippen LogP contribution is 2.18. The lowest BCUT2D eigenvalue weighted by Gasteiger charge is -2.23. The van der Waals surface area contributed by atoms with Crippen molar-refractivity contribution in [2.45, 2.75) is 13.5 Å². The number of aromatic carboxylic acids is 2. The van der Waals surface area contributed by atoms with Crippen molar-refractivity contribution in [1.29, 1.82) is 0 Å². The summed E-state index contributed by atoms with van der Waals surface area (Å²) in [6.07, 6.45) is 0. The molecular formula is C17H17NO4. The lowest BCUT2D eigenvalue weighted by Crippen LogP contribution is -2.22. The Labute approximate surface area is 128 Å². The van der Waals surface area contributed by atoms with Crippen molar-refractivity contribution in [3.05, 3.63) is 65.2 Å². The summed E-state index contributed by atoms with van der Waals surface area (Å²) in [5, 5.41) is 18.2. The van der Waals surface area contributed by atoms with Gasteiger partial charge in [-0.3, -0.25) is 0 Å². The zero-order valence-corrected chi connectivity index (χ0v) is 12.2. The third kappa shape index (κ3) is 3.63. The molecule has 0 aliphatic carbocycles. The molecule has 0 fully saturated rings. The van der Waals surface area contributed by atoms with Crippen LogP contribution in [0.2, 0.25) is 0 Å². The maximum Gasteiger partial charge on any atom is 0.335 e. The molecule has 0 saturated carbocycles. The van der Waals surface area contributed by atoms with E-state index in [0.29, 0.717) is 12.1 Å². The molecule has 5 heteroatoms. The van der Waals surface area contributed by atoms with E-state index < -0.39 is 11.9 Å². The van der Waals surface area contributed by atoms with Gasteiger partial charge in [-0.1, -0.05) is 18.2 Å². The van der Waals surface area contributed by atoms with Crippen LogP contribution in [0.4, 0.5) is 5.69 Å². The zero-order chi connectivity index (χ0) is 16.1. The number of hydrogen-bond acceptors (Lipinski definition) is 3. The molecule has 0 heterocycles. The Morgan fingerprint density at radius 3 is 1.95 bits per heavy atom. The number of carboxylic acid groups (broad SMARTS) is 2. The largest absolute Gasteiger partial charge is 0.478 e. The fourth-order valence-electron chi connectivity index (χ4n) is 2.28. The lowest BCUT2D eigenvalue weighted by molar-refractivity contribution is 0.0696. The van der Waals surface area contributed by atoms with Gasteiger partial charge in [0.25, 0.3) is 0 Å². The number of carbonyl (C=O) groups is 2. The Bertz CT molecular complexity index is 650. The Kier molecular flexibility index (Phi) is 4.78. The lowest BCUT2D eigenvalue weighted by atomic mass is 10.0. The highest BCUT2D eigenvalue weighted by Gasteiger charge is 2.13. The molecule has 2 N–H and O–H groups in total. The predicted molar refractivity (Wildman–Crippen MR) is 83.5 cm³/mol. The van der Waals surface area contributed by atoms with Gasteiger partial charge in [-0.05, 0) is 42.8 Å². The van der Waals surface area contributed by atoms with Crippen LogP contribution in [-0.2, 0) is 6.54 Å². The number of rotatable bonds is 6. The van der Waals surface area contributed by atoms with Crippen LogP contribution in [0.15, 0.2) is 48.5 Å². The van der Waals surface area contributed by atoms with Gasteiger partial charge in [0.2, 0.25) is 0 Å². The quantitative estimate of drug-likeness (QED) is 0.857. The number of carboxylic acids is 2. The van der Waals surface area contributed by atoms with Crippen molar-refractivity contribution in [2.24, 2.45) is 0 Å². The molecule has 0 atom stereocenters. The van der Waals surface area contributed by atoms with Gasteiger partial charge in [0.15, 0.2) is 0 Å². The molecule has 0 saturated heterocycles. The molecule has 0 radical (unpaired) electrons. The van der Waals surface area contributed by atoms with Gasteiger partial charge in [0, 0.05) is 18.8 Å². The Morgan fingerprint density at radius 1 is 0.955 bits per heavy atom. The first-order valence-corrected chi connectivity index (χ1v) is 6.91. The first-order valence-electron chi connectivity index (χ1n) is 6.91. The molecule has 5 nitrogen and oxygen atoms in total. The monoisotopic (exact) mass is 299 g/mol. The summed E-state index contributed by atoms with van der Waals surface area (Å²) in [6, 6.07) is 13.9. The van der Waals surface area contributed by atoms with E-state index in [4.69, 9.17) is 10.2 Å². The number of hydrogen-bond donors (Lipinski definition) is 2. The summed E-state index contributed by atoms with van der Waals surface area (Å²) < 4.78 is 0. The topological polar surface area (TPSA) is 77.8 Å².